The van der Waals surface area contributed by atoms with Crippen LogP contribution in [-0.4, -0.2) is 21.5 Å². The zero-order chi connectivity index (χ0) is 14.1. The molecule has 2 heterocycles. The van der Waals surface area contributed by atoms with E-state index in [1.54, 1.807) is 0 Å². The molecule has 1 atom stereocenters. The van der Waals surface area contributed by atoms with Gasteiger partial charge in [-0.3, -0.25) is 9.97 Å². The number of hydrogen-bond donors (Lipinski definition) is 1. The van der Waals surface area contributed by atoms with Crippen molar-refractivity contribution in [1.82, 2.24) is 15.0 Å². The molecule has 1 aliphatic rings. The first-order valence-electron chi connectivity index (χ1n) is 7.23. The standard InChI is InChI=1S/C16H20N4/c1-4-17-16-15(19-10(2)11(3)20-16)13-8-7-12-6-5-9-18-14(12)13/h5-6,9,13H,4,7-8H2,1-3H3,(H,17,20). The highest BCUT2D eigenvalue weighted by molar-refractivity contribution is 5.49. The Labute approximate surface area is 119 Å². The fourth-order valence-corrected chi connectivity index (χ4v) is 2.84. The van der Waals surface area contributed by atoms with Gasteiger partial charge in [0, 0.05) is 18.7 Å². The number of fused-ring (bicyclic) bond motifs is 1. The molecule has 0 amide bonds. The quantitative estimate of drug-likeness (QED) is 0.929. The minimum Gasteiger partial charge on any atom is -0.369 e. The maximum atomic E-state index is 4.81. The van der Waals surface area contributed by atoms with Gasteiger partial charge in [-0.15, -0.1) is 0 Å². The van der Waals surface area contributed by atoms with Crippen LogP contribution >= 0.6 is 0 Å². The van der Waals surface area contributed by atoms with Gasteiger partial charge in [0.1, 0.15) is 5.82 Å². The van der Waals surface area contributed by atoms with E-state index < -0.39 is 0 Å². The van der Waals surface area contributed by atoms with Crippen LogP contribution in [0.2, 0.25) is 0 Å². The summed E-state index contributed by atoms with van der Waals surface area (Å²) in [4.78, 5) is 14.1. The largest absolute Gasteiger partial charge is 0.369 e. The summed E-state index contributed by atoms with van der Waals surface area (Å²) in [5, 5.41) is 3.35. The Morgan fingerprint density at radius 2 is 2.00 bits per heavy atom. The van der Waals surface area contributed by atoms with Crippen LogP contribution in [0.1, 0.15) is 47.6 Å². The van der Waals surface area contributed by atoms with Crippen LogP contribution in [0.4, 0.5) is 5.82 Å². The van der Waals surface area contributed by atoms with Crippen molar-refractivity contribution in [3.8, 4) is 0 Å². The highest BCUT2D eigenvalue weighted by Crippen LogP contribution is 2.38. The summed E-state index contributed by atoms with van der Waals surface area (Å²) >= 11 is 0. The zero-order valence-electron chi connectivity index (χ0n) is 12.3. The molecule has 2 aromatic heterocycles. The van der Waals surface area contributed by atoms with Crippen molar-refractivity contribution in [3.63, 3.8) is 0 Å². The van der Waals surface area contributed by atoms with Crippen molar-refractivity contribution >= 4 is 5.82 Å². The van der Waals surface area contributed by atoms with Gasteiger partial charge in [0.15, 0.2) is 0 Å². The fraction of sp³-hybridized carbons (Fsp3) is 0.438. The van der Waals surface area contributed by atoms with Gasteiger partial charge in [-0.1, -0.05) is 6.07 Å². The highest BCUT2D eigenvalue weighted by atomic mass is 15.0. The third kappa shape index (κ3) is 2.15. The molecule has 3 rings (SSSR count). The SMILES string of the molecule is CCNc1nc(C)c(C)nc1C1CCc2cccnc21. The molecule has 0 bridgehead atoms. The van der Waals surface area contributed by atoms with Gasteiger partial charge in [0.2, 0.25) is 0 Å². The van der Waals surface area contributed by atoms with Gasteiger partial charge in [0.05, 0.1) is 22.8 Å². The Hall–Kier alpha value is -1.97. The van der Waals surface area contributed by atoms with Crippen LogP contribution in [-0.2, 0) is 6.42 Å². The molecule has 4 heteroatoms. The van der Waals surface area contributed by atoms with Gasteiger partial charge in [0.25, 0.3) is 0 Å². The molecule has 104 valence electrons. The molecule has 0 fully saturated rings. The second kappa shape index (κ2) is 5.19. The topological polar surface area (TPSA) is 50.7 Å². The number of nitrogens with zero attached hydrogens (tertiary/aromatic N) is 3. The lowest BCUT2D eigenvalue weighted by molar-refractivity contribution is 0.734. The Morgan fingerprint density at radius 1 is 1.20 bits per heavy atom. The zero-order valence-corrected chi connectivity index (χ0v) is 12.3. The van der Waals surface area contributed by atoms with E-state index >= 15 is 0 Å². The Bertz CT molecular complexity index is 636. The Morgan fingerprint density at radius 3 is 2.80 bits per heavy atom. The summed E-state index contributed by atoms with van der Waals surface area (Å²) in [7, 11) is 0. The summed E-state index contributed by atoms with van der Waals surface area (Å²) in [6, 6.07) is 4.18. The van der Waals surface area contributed by atoms with E-state index in [1.165, 1.54) is 11.3 Å². The minimum atomic E-state index is 0.270. The Kier molecular flexibility index (Phi) is 3.38. The number of rotatable bonds is 3. The maximum absolute atomic E-state index is 4.81. The molecule has 0 aliphatic heterocycles. The van der Waals surface area contributed by atoms with E-state index in [2.05, 4.69) is 28.3 Å². The second-order valence-electron chi connectivity index (χ2n) is 5.30. The third-order valence-corrected chi connectivity index (χ3v) is 3.97. The summed E-state index contributed by atoms with van der Waals surface area (Å²) in [6.07, 6.45) is 4.02. The van der Waals surface area contributed by atoms with Gasteiger partial charge < -0.3 is 5.32 Å². The lowest BCUT2D eigenvalue weighted by Gasteiger charge is -2.16. The molecule has 4 nitrogen and oxygen atoms in total. The van der Waals surface area contributed by atoms with E-state index in [1.807, 2.05) is 26.1 Å². The van der Waals surface area contributed by atoms with E-state index in [0.29, 0.717) is 0 Å². The molecular formula is C16H20N4. The first kappa shape index (κ1) is 13.0. The second-order valence-corrected chi connectivity index (χ2v) is 5.30. The van der Waals surface area contributed by atoms with Gasteiger partial charge in [-0.25, -0.2) is 4.98 Å². The lowest BCUT2D eigenvalue weighted by Crippen LogP contribution is -2.12. The summed E-state index contributed by atoms with van der Waals surface area (Å²) < 4.78 is 0. The van der Waals surface area contributed by atoms with Gasteiger partial charge in [-0.2, -0.15) is 0 Å². The molecule has 0 spiro atoms. The van der Waals surface area contributed by atoms with E-state index in [-0.39, 0.29) is 5.92 Å². The molecule has 1 unspecified atom stereocenters. The van der Waals surface area contributed by atoms with Crippen LogP contribution in [0.3, 0.4) is 0 Å². The van der Waals surface area contributed by atoms with Gasteiger partial charge >= 0.3 is 0 Å². The molecular weight excluding hydrogens is 248 g/mol. The number of aryl methyl sites for hydroxylation is 3. The molecule has 0 saturated carbocycles. The summed E-state index contributed by atoms with van der Waals surface area (Å²) in [5.41, 5.74) is 5.56. The lowest BCUT2D eigenvalue weighted by atomic mass is 10.0. The smallest absolute Gasteiger partial charge is 0.148 e. The average Bonchev–Trinajstić information content (AvgIpc) is 2.87. The van der Waals surface area contributed by atoms with Crippen molar-refractivity contribution in [2.24, 2.45) is 0 Å². The van der Waals surface area contributed by atoms with Crippen LogP contribution in [0.25, 0.3) is 0 Å². The van der Waals surface area contributed by atoms with Crippen molar-refractivity contribution < 1.29 is 0 Å². The number of anilines is 1. The minimum absolute atomic E-state index is 0.270. The maximum Gasteiger partial charge on any atom is 0.148 e. The number of nitrogens with one attached hydrogen (secondary N) is 1. The highest BCUT2D eigenvalue weighted by Gasteiger charge is 2.29. The summed E-state index contributed by atoms with van der Waals surface area (Å²) in [5.74, 6) is 1.19. The van der Waals surface area contributed by atoms with E-state index in [0.717, 1.165) is 42.3 Å². The average molecular weight is 268 g/mol. The van der Waals surface area contributed by atoms with Crippen molar-refractivity contribution in [1.29, 1.82) is 0 Å². The van der Waals surface area contributed by atoms with E-state index in [4.69, 9.17) is 4.98 Å². The fourth-order valence-electron chi connectivity index (χ4n) is 2.84. The molecule has 1 N–H and O–H groups in total. The first-order valence-corrected chi connectivity index (χ1v) is 7.23. The monoisotopic (exact) mass is 268 g/mol. The van der Waals surface area contributed by atoms with Crippen LogP contribution in [0, 0.1) is 13.8 Å². The van der Waals surface area contributed by atoms with Gasteiger partial charge in [-0.05, 0) is 45.2 Å². The normalized spacial score (nSPS) is 17.1. The van der Waals surface area contributed by atoms with Crippen molar-refractivity contribution in [3.05, 3.63) is 46.7 Å². The molecule has 0 aromatic carbocycles. The molecule has 1 aliphatic carbocycles. The molecule has 2 aromatic rings. The Balaban J connectivity index is 2.08. The van der Waals surface area contributed by atoms with E-state index in [9.17, 15) is 0 Å². The van der Waals surface area contributed by atoms with Crippen LogP contribution in [0.5, 0.6) is 0 Å². The van der Waals surface area contributed by atoms with Crippen LogP contribution in [0.15, 0.2) is 18.3 Å². The predicted octanol–water partition coefficient (Wildman–Crippen LogP) is 3.00. The predicted molar refractivity (Wildman–Crippen MR) is 80.1 cm³/mol. The summed E-state index contributed by atoms with van der Waals surface area (Å²) in [6.45, 7) is 6.97. The molecule has 20 heavy (non-hydrogen) atoms. The third-order valence-electron chi connectivity index (χ3n) is 3.97. The number of hydrogen-bond acceptors (Lipinski definition) is 4. The molecule has 0 saturated heterocycles. The number of pyridine rings is 1. The van der Waals surface area contributed by atoms with Crippen molar-refractivity contribution in [2.75, 3.05) is 11.9 Å². The van der Waals surface area contributed by atoms with Crippen molar-refractivity contribution in [2.45, 2.75) is 39.5 Å². The van der Waals surface area contributed by atoms with Crippen LogP contribution < -0.4 is 5.32 Å². The first-order chi connectivity index (χ1) is 9.70. The molecule has 0 radical (unpaired) electrons. The number of aromatic nitrogens is 3.